The summed E-state index contributed by atoms with van der Waals surface area (Å²) in [6.45, 7) is 0.611. The molecule has 1 aliphatic rings. The van der Waals surface area contributed by atoms with Crippen molar-refractivity contribution in [3.63, 3.8) is 0 Å². The number of nitrogens with one attached hydrogen (secondary N) is 1. The maximum Gasteiger partial charge on any atom is 0.325 e. The van der Waals surface area contributed by atoms with Crippen LogP contribution in [0.5, 0.6) is 11.5 Å². The Morgan fingerprint density at radius 2 is 1.74 bits per heavy atom. The van der Waals surface area contributed by atoms with Crippen molar-refractivity contribution < 1.29 is 23.9 Å². The highest BCUT2D eigenvalue weighted by Crippen LogP contribution is 2.28. The van der Waals surface area contributed by atoms with E-state index >= 15 is 0 Å². The fraction of sp³-hybridized carbons (Fsp3) is 0.348. The number of benzene rings is 2. The Morgan fingerprint density at radius 3 is 2.42 bits per heavy atom. The first-order valence-electron chi connectivity index (χ1n) is 10.0. The number of hydrogen-bond donors (Lipinski definition) is 1. The average Bonchev–Trinajstić information content (AvgIpc) is 3.05. The van der Waals surface area contributed by atoms with Crippen LogP contribution in [-0.2, 0) is 22.7 Å². The topological polar surface area (TPSA) is 88.2 Å². The molecule has 0 radical (unpaired) electrons. The van der Waals surface area contributed by atoms with Crippen molar-refractivity contribution in [2.75, 3.05) is 21.3 Å². The van der Waals surface area contributed by atoms with E-state index in [1.807, 2.05) is 30.3 Å². The molecule has 164 valence electrons. The SMILES string of the molecule is COc1ccc(CN2C(=O)NC(CCC(=O)N(C)Cc3ccccc3)C2=O)cc1OC. The van der Waals surface area contributed by atoms with Gasteiger partial charge in [-0.1, -0.05) is 36.4 Å². The molecule has 1 aliphatic heterocycles. The Balaban J connectivity index is 1.55. The lowest BCUT2D eigenvalue weighted by atomic mass is 10.1. The van der Waals surface area contributed by atoms with E-state index < -0.39 is 12.1 Å². The summed E-state index contributed by atoms with van der Waals surface area (Å²) in [7, 11) is 4.79. The molecule has 2 aromatic rings. The summed E-state index contributed by atoms with van der Waals surface area (Å²) >= 11 is 0. The molecule has 1 heterocycles. The highest BCUT2D eigenvalue weighted by molar-refractivity contribution is 6.04. The van der Waals surface area contributed by atoms with Crippen molar-refractivity contribution in [2.24, 2.45) is 0 Å². The Labute approximate surface area is 181 Å². The van der Waals surface area contributed by atoms with E-state index in [0.29, 0.717) is 18.0 Å². The van der Waals surface area contributed by atoms with E-state index in [4.69, 9.17) is 9.47 Å². The van der Waals surface area contributed by atoms with Crippen LogP contribution < -0.4 is 14.8 Å². The van der Waals surface area contributed by atoms with Gasteiger partial charge in [0.05, 0.1) is 20.8 Å². The maximum atomic E-state index is 12.7. The molecule has 0 aliphatic carbocycles. The van der Waals surface area contributed by atoms with Gasteiger partial charge in [0.25, 0.3) is 5.91 Å². The lowest BCUT2D eigenvalue weighted by Crippen LogP contribution is -2.33. The minimum atomic E-state index is -0.707. The molecule has 4 amide bonds. The van der Waals surface area contributed by atoms with E-state index in [1.165, 1.54) is 14.2 Å². The van der Waals surface area contributed by atoms with Gasteiger partial charge in [-0.25, -0.2) is 4.79 Å². The van der Waals surface area contributed by atoms with Crippen molar-refractivity contribution >= 4 is 17.8 Å². The van der Waals surface area contributed by atoms with Gasteiger partial charge in [-0.2, -0.15) is 0 Å². The number of carbonyl (C=O) groups excluding carboxylic acids is 3. The Kier molecular flexibility index (Phi) is 7.12. The summed E-state index contributed by atoms with van der Waals surface area (Å²) in [5, 5.41) is 2.68. The molecule has 0 bridgehead atoms. The quantitative estimate of drug-likeness (QED) is 0.624. The van der Waals surface area contributed by atoms with Crippen LogP contribution in [0.3, 0.4) is 0 Å². The van der Waals surface area contributed by atoms with Crippen LogP contribution in [0.15, 0.2) is 48.5 Å². The number of imide groups is 1. The number of methoxy groups -OCH3 is 2. The van der Waals surface area contributed by atoms with Gasteiger partial charge >= 0.3 is 6.03 Å². The number of rotatable bonds is 9. The van der Waals surface area contributed by atoms with E-state index in [0.717, 1.165) is 16.0 Å². The number of carbonyl (C=O) groups is 3. The number of hydrogen-bond acceptors (Lipinski definition) is 5. The van der Waals surface area contributed by atoms with Gasteiger partial charge in [-0.15, -0.1) is 0 Å². The lowest BCUT2D eigenvalue weighted by Gasteiger charge is -2.18. The smallest absolute Gasteiger partial charge is 0.325 e. The molecule has 8 heteroatoms. The van der Waals surface area contributed by atoms with Crippen LogP contribution in [-0.4, -0.2) is 55.0 Å². The van der Waals surface area contributed by atoms with E-state index in [9.17, 15) is 14.4 Å². The minimum absolute atomic E-state index is 0.0794. The monoisotopic (exact) mass is 425 g/mol. The summed E-state index contributed by atoms with van der Waals surface area (Å²) in [6, 6.07) is 13.7. The molecule has 1 atom stereocenters. The zero-order valence-corrected chi connectivity index (χ0v) is 18.0. The fourth-order valence-corrected chi connectivity index (χ4v) is 3.49. The fourth-order valence-electron chi connectivity index (χ4n) is 3.49. The van der Waals surface area contributed by atoms with Crippen LogP contribution in [0.4, 0.5) is 4.79 Å². The normalized spacial score (nSPS) is 15.6. The summed E-state index contributed by atoms with van der Waals surface area (Å²) in [6.07, 6.45) is 0.426. The Bertz CT molecular complexity index is 947. The maximum absolute atomic E-state index is 12.7. The second kappa shape index (κ2) is 9.97. The Morgan fingerprint density at radius 1 is 1.03 bits per heavy atom. The summed E-state index contributed by atoms with van der Waals surface area (Å²) in [5.41, 5.74) is 1.77. The van der Waals surface area contributed by atoms with Gasteiger partial charge in [-0.3, -0.25) is 14.5 Å². The van der Waals surface area contributed by atoms with Gasteiger partial charge in [0, 0.05) is 20.0 Å². The van der Waals surface area contributed by atoms with E-state index in [-0.39, 0.29) is 31.2 Å². The van der Waals surface area contributed by atoms with Crippen molar-refractivity contribution in [1.82, 2.24) is 15.1 Å². The highest BCUT2D eigenvalue weighted by Gasteiger charge is 2.38. The molecule has 2 aromatic carbocycles. The molecule has 8 nitrogen and oxygen atoms in total. The third kappa shape index (κ3) is 5.33. The van der Waals surface area contributed by atoms with Crippen molar-refractivity contribution in [3.05, 3.63) is 59.7 Å². The van der Waals surface area contributed by atoms with Gasteiger partial charge in [0.2, 0.25) is 5.91 Å². The molecule has 1 N–H and O–H groups in total. The minimum Gasteiger partial charge on any atom is -0.493 e. The van der Waals surface area contributed by atoms with Crippen LogP contribution in [0.1, 0.15) is 24.0 Å². The standard InChI is InChI=1S/C23H27N3O5/c1-25(14-16-7-5-4-6-8-16)21(27)12-10-18-22(28)26(23(29)24-18)15-17-9-11-19(30-2)20(13-17)31-3/h4-9,11,13,18H,10,12,14-15H2,1-3H3,(H,24,29). The number of ether oxygens (including phenoxy) is 2. The zero-order chi connectivity index (χ0) is 22.4. The summed E-state index contributed by atoms with van der Waals surface area (Å²) < 4.78 is 10.5. The van der Waals surface area contributed by atoms with Crippen molar-refractivity contribution in [2.45, 2.75) is 32.0 Å². The van der Waals surface area contributed by atoms with Crippen LogP contribution >= 0.6 is 0 Å². The molecule has 1 fully saturated rings. The second-order valence-corrected chi connectivity index (χ2v) is 7.39. The van der Waals surface area contributed by atoms with Crippen molar-refractivity contribution in [1.29, 1.82) is 0 Å². The van der Waals surface area contributed by atoms with Gasteiger partial charge in [0.15, 0.2) is 11.5 Å². The lowest BCUT2D eigenvalue weighted by molar-refractivity contribution is -0.131. The highest BCUT2D eigenvalue weighted by atomic mass is 16.5. The number of amides is 4. The second-order valence-electron chi connectivity index (χ2n) is 7.39. The molecule has 3 rings (SSSR count). The molecule has 1 unspecified atom stereocenters. The number of nitrogens with zero attached hydrogens (tertiary/aromatic N) is 2. The van der Waals surface area contributed by atoms with Crippen LogP contribution in [0.2, 0.25) is 0 Å². The summed E-state index contributed by atoms with van der Waals surface area (Å²) in [4.78, 5) is 40.3. The van der Waals surface area contributed by atoms with Crippen molar-refractivity contribution in [3.8, 4) is 11.5 Å². The summed E-state index contributed by atoms with van der Waals surface area (Å²) in [5.74, 6) is 0.678. The van der Waals surface area contributed by atoms with E-state index in [2.05, 4.69) is 5.32 Å². The Hall–Kier alpha value is -3.55. The predicted molar refractivity (Wildman–Crippen MR) is 115 cm³/mol. The first-order chi connectivity index (χ1) is 14.9. The molecule has 31 heavy (non-hydrogen) atoms. The van der Waals surface area contributed by atoms with Gasteiger partial charge in [0.1, 0.15) is 6.04 Å². The molecule has 0 spiro atoms. The molecular formula is C23H27N3O5. The van der Waals surface area contributed by atoms with E-state index in [1.54, 1.807) is 30.1 Å². The molecule has 1 saturated heterocycles. The third-order valence-corrected chi connectivity index (χ3v) is 5.23. The molecule has 0 saturated carbocycles. The predicted octanol–water partition coefficient (Wildman–Crippen LogP) is 2.56. The van der Waals surface area contributed by atoms with Crippen LogP contribution in [0, 0.1) is 0 Å². The number of urea groups is 1. The first kappa shape index (κ1) is 22.1. The molecular weight excluding hydrogens is 398 g/mol. The van der Waals surface area contributed by atoms with Crippen LogP contribution in [0.25, 0.3) is 0 Å². The largest absolute Gasteiger partial charge is 0.493 e. The average molecular weight is 425 g/mol. The zero-order valence-electron chi connectivity index (χ0n) is 18.0. The van der Waals surface area contributed by atoms with Gasteiger partial charge < -0.3 is 19.7 Å². The molecule has 0 aromatic heterocycles. The van der Waals surface area contributed by atoms with Gasteiger partial charge in [-0.05, 0) is 29.7 Å². The third-order valence-electron chi connectivity index (χ3n) is 5.23. The first-order valence-corrected chi connectivity index (χ1v) is 10.0.